The topological polar surface area (TPSA) is 21.3 Å². The molecular formula is C13H21NOS. The second-order valence-corrected chi connectivity index (χ2v) is 4.85. The van der Waals surface area contributed by atoms with Gasteiger partial charge >= 0.3 is 0 Å². The number of hydrogen-bond donors (Lipinski definition) is 1. The predicted octanol–water partition coefficient (Wildman–Crippen LogP) is 3.48. The first kappa shape index (κ1) is 13.2. The molecule has 0 spiro atoms. The molecule has 1 N–H and O–H groups in total. The SMILES string of the molecule is COc1c(C)ccc(NCCCSC)c1C. The van der Waals surface area contributed by atoms with Crippen molar-refractivity contribution in [3.63, 3.8) is 0 Å². The second-order valence-electron chi connectivity index (χ2n) is 3.86. The molecular weight excluding hydrogens is 218 g/mol. The van der Waals surface area contributed by atoms with Gasteiger partial charge in [0, 0.05) is 17.8 Å². The maximum atomic E-state index is 5.40. The van der Waals surface area contributed by atoms with Crippen molar-refractivity contribution < 1.29 is 4.74 Å². The molecule has 0 aliphatic rings. The molecule has 1 aromatic rings. The fourth-order valence-electron chi connectivity index (χ4n) is 1.77. The number of nitrogens with one attached hydrogen (secondary N) is 1. The number of aryl methyl sites for hydroxylation is 1. The van der Waals surface area contributed by atoms with Crippen LogP contribution in [0.25, 0.3) is 0 Å². The van der Waals surface area contributed by atoms with Crippen LogP contribution in [0.1, 0.15) is 17.5 Å². The summed E-state index contributed by atoms with van der Waals surface area (Å²) in [6.07, 6.45) is 3.33. The Bertz CT molecular complexity index is 339. The molecule has 16 heavy (non-hydrogen) atoms. The summed E-state index contributed by atoms with van der Waals surface area (Å²) in [7, 11) is 1.73. The van der Waals surface area contributed by atoms with E-state index in [1.165, 1.54) is 29.0 Å². The van der Waals surface area contributed by atoms with Crippen molar-refractivity contribution in [2.75, 3.05) is 31.0 Å². The summed E-state index contributed by atoms with van der Waals surface area (Å²) in [5, 5.41) is 3.46. The van der Waals surface area contributed by atoms with E-state index in [1.807, 2.05) is 11.8 Å². The van der Waals surface area contributed by atoms with Gasteiger partial charge in [0.1, 0.15) is 5.75 Å². The van der Waals surface area contributed by atoms with Gasteiger partial charge in [-0.25, -0.2) is 0 Å². The third kappa shape index (κ3) is 3.34. The second kappa shape index (κ2) is 6.69. The third-order valence-corrected chi connectivity index (χ3v) is 3.34. The van der Waals surface area contributed by atoms with Gasteiger partial charge < -0.3 is 10.1 Å². The van der Waals surface area contributed by atoms with E-state index in [9.17, 15) is 0 Å². The normalized spacial score (nSPS) is 10.2. The van der Waals surface area contributed by atoms with Crippen LogP contribution in [0.3, 0.4) is 0 Å². The van der Waals surface area contributed by atoms with E-state index in [4.69, 9.17) is 4.74 Å². The average molecular weight is 239 g/mol. The van der Waals surface area contributed by atoms with Crippen molar-refractivity contribution in [1.29, 1.82) is 0 Å². The van der Waals surface area contributed by atoms with E-state index < -0.39 is 0 Å². The molecule has 3 heteroatoms. The average Bonchev–Trinajstić information content (AvgIpc) is 2.28. The van der Waals surface area contributed by atoms with E-state index in [-0.39, 0.29) is 0 Å². The van der Waals surface area contributed by atoms with Gasteiger partial charge in [0.2, 0.25) is 0 Å². The number of anilines is 1. The number of thioether (sulfide) groups is 1. The molecule has 0 aliphatic heterocycles. The molecule has 0 heterocycles. The highest BCUT2D eigenvalue weighted by molar-refractivity contribution is 7.98. The first-order valence-electron chi connectivity index (χ1n) is 5.57. The minimum Gasteiger partial charge on any atom is -0.496 e. The molecule has 0 atom stereocenters. The van der Waals surface area contributed by atoms with Crippen LogP contribution in [-0.4, -0.2) is 25.7 Å². The quantitative estimate of drug-likeness (QED) is 0.768. The first-order chi connectivity index (χ1) is 7.70. The van der Waals surface area contributed by atoms with Crippen LogP contribution in [0.2, 0.25) is 0 Å². The van der Waals surface area contributed by atoms with Crippen LogP contribution < -0.4 is 10.1 Å². The van der Waals surface area contributed by atoms with Gasteiger partial charge in [-0.3, -0.25) is 0 Å². The van der Waals surface area contributed by atoms with Crippen LogP contribution in [-0.2, 0) is 0 Å². The van der Waals surface area contributed by atoms with Crippen LogP contribution >= 0.6 is 11.8 Å². The molecule has 0 unspecified atom stereocenters. The van der Waals surface area contributed by atoms with Crippen molar-refractivity contribution in [2.45, 2.75) is 20.3 Å². The zero-order chi connectivity index (χ0) is 12.0. The number of ether oxygens (including phenoxy) is 1. The van der Waals surface area contributed by atoms with Gasteiger partial charge in [-0.15, -0.1) is 0 Å². The van der Waals surface area contributed by atoms with E-state index in [0.717, 1.165) is 12.3 Å². The van der Waals surface area contributed by atoms with E-state index in [0.29, 0.717) is 0 Å². The monoisotopic (exact) mass is 239 g/mol. The minimum atomic E-state index is 0.995. The Kier molecular flexibility index (Phi) is 5.53. The molecule has 0 bridgehead atoms. The Hall–Kier alpha value is -0.830. The Morgan fingerprint density at radius 2 is 2.06 bits per heavy atom. The smallest absolute Gasteiger partial charge is 0.126 e. The van der Waals surface area contributed by atoms with Crippen molar-refractivity contribution in [3.05, 3.63) is 23.3 Å². The number of methoxy groups -OCH3 is 1. The lowest BCUT2D eigenvalue weighted by Crippen LogP contribution is -2.05. The molecule has 0 aromatic heterocycles. The van der Waals surface area contributed by atoms with Gasteiger partial charge in [0.05, 0.1) is 7.11 Å². The lowest BCUT2D eigenvalue weighted by Gasteiger charge is -2.14. The van der Waals surface area contributed by atoms with Crippen molar-refractivity contribution in [3.8, 4) is 5.75 Å². The van der Waals surface area contributed by atoms with E-state index >= 15 is 0 Å². The highest BCUT2D eigenvalue weighted by Gasteiger charge is 2.06. The van der Waals surface area contributed by atoms with Crippen LogP contribution in [0, 0.1) is 13.8 Å². The van der Waals surface area contributed by atoms with Crippen LogP contribution in [0.5, 0.6) is 5.75 Å². The van der Waals surface area contributed by atoms with Gasteiger partial charge in [-0.1, -0.05) is 6.07 Å². The maximum absolute atomic E-state index is 5.40. The highest BCUT2D eigenvalue weighted by Crippen LogP contribution is 2.28. The molecule has 0 aliphatic carbocycles. The molecule has 0 amide bonds. The summed E-state index contributed by atoms with van der Waals surface area (Å²) in [6.45, 7) is 5.19. The lowest BCUT2D eigenvalue weighted by atomic mass is 10.1. The first-order valence-corrected chi connectivity index (χ1v) is 6.97. The fraction of sp³-hybridized carbons (Fsp3) is 0.538. The summed E-state index contributed by atoms with van der Waals surface area (Å²) in [4.78, 5) is 0. The largest absolute Gasteiger partial charge is 0.496 e. The lowest BCUT2D eigenvalue weighted by molar-refractivity contribution is 0.409. The third-order valence-electron chi connectivity index (χ3n) is 2.65. The molecule has 1 rings (SSSR count). The minimum absolute atomic E-state index is 0.995. The Labute approximate surface area is 103 Å². The summed E-state index contributed by atoms with van der Waals surface area (Å²) in [5.74, 6) is 2.20. The molecule has 0 fully saturated rings. The van der Waals surface area contributed by atoms with Crippen molar-refractivity contribution >= 4 is 17.4 Å². The maximum Gasteiger partial charge on any atom is 0.126 e. The van der Waals surface area contributed by atoms with E-state index in [1.54, 1.807) is 7.11 Å². The number of rotatable bonds is 6. The van der Waals surface area contributed by atoms with Gasteiger partial charge in [-0.05, 0) is 43.9 Å². The Morgan fingerprint density at radius 3 is 2.69 bits per heavy atom. The van der Waals surface area contributed by atoms with Crippen molar-refractivity contribution in [1.82, 2.24) is 0 Å². The summed E-state index contributed by atoms with van der Waals surface area (Å²) < 4.78 is 5.40. The summed E-state index contributed by atoms with van der Waals surface area (Å²) in [5.41, 5.74) is 3.57. The standard InChI is InChI=1S/C13H21NOS/c1-10-6-7-12(11(2)13(10)15-3)14-8-5-9-16-4/h6-7,14H,5,8-9H2,1-4H3. The fourth-order valence-corrected chi connectivity index (χ4v) is 2.21. The zero-order valence-corrected chi connectivity index (χ0v) is 11.4. The Balaban J connectivity index is 2.66. The van der Waals surface area contributed by atoms with Crippen LogP contribution in [0.4, 0.5) is 5.69 Å². The van der Waals surface area contributed by atoms with Crippen LogP contribution in [0.15, 0.2) is 12.1 Å². The molecule has 2 nitrogen and oxygen atoms in total. The molecule has 0 radical (unpaired) electrons. The summed E-state index contributed by atoms with van der Waals surface area (Å²) in [6, 6.07) is 4.23. The van der Waals surface area contributed by atoms with Gasteiger partial charge in [0.15, 0.2) is 0 Å². The molecule has 0 saturated carbocycles. The van der Waals surface area contributed by atoms with Gasteiger partial charge in [-0.2, -0.15) is 11.8 Å². The molecule has 90 valence electrons. The number of hydrogen-bond acceptors (Lipinski definition) is 3. The number of benzene rings is 1. The highest BCUT2D eigenvalue weighted by atomic mass is 32.2. The zero-order valence-electron chi connectivity index (χ0n) is 10.6. The van der Waals surface area contributed by atoms with Crippen molar-refractivity contribution in [2.24, 2.45) is 0 Å². The van der Waals surface area contributed by atoms with E-state index in [2.05, 4.69) is 37.6 Å². The summed E-state index contributed by atoms with van der Waals surface area (Å²) >= 11 is 1.89. The molecule has 1 aromatic carbocycles. The van der Waals surface area contributed by atoms with Gasteiger partial charge in [0.25, 0.3) is 0 Å². The Morgan fingerprint density at radius 1 is 1.31 bits per heavy atom. The predicted molar refractivity (Wildman–Crippen MR) is 74.0 cm³/mol. The molecule has 0 saturated heterocycles.